The summed E-state index contributed by atoms with van der Waals surface area (Å²) in [6.45, 7) is 0.553. The molecule has 6 N–H and O–H groups in total. The van der Waals surface area contributed by atoms with E-state index >= 15 is 0 Å². The van der Waals surface area contributed by atoms with Gasteiger partial charge in [0.05, 0.1) is 13.2 Å². The van der Waals surface area contributed by atoms with Crippen molar-refractivity contribution in [2.75, 3.05) is 13.2 Å². The summed E-state index contributed by atoms with van der Waals surface area (Å²) >= 11 is 0. The zero-order chi connectivity index (χ0) is 34.1. The molecule has 2 fully saturated rings. The van der Waals surface area contributed by atoms with Crippen LogP contribution in [0.15, 0.2) is 0 Å². The van der Waals surface area contributed by atoms with Crippen LogP contribution >= 0.6 is 0 Å². The van der Waals surface area contributed by atoms with E-state index in [1.807, 2.05) is 0 Å². The molecule has 0 saturated carbocycles. The van der Waals surface area contributed by atoms with Crippen LogP contribution in [-0.2, 0) is 38.3 Å². The van der Waals surface area contributed by atoms with E-state index in [-0.39, 0.29) is 6.42 Å². The fourth-order valence-corrected chi connectivity index (χ4v) is 6.16. The molecule has 16 heteroatoms. The van der Waals surface area contributed by atoms with Gasteiger partial charge in [-0.05, 0) is 6.42 Å². The molecular formula is C30H55O15S-. The van der Waals surface area contributed by atoms with Gasteiger partial charge in [-0.2, -0.15) is 0 Å². The molecule has 0 aromatic rings. The number of unbranched alkanes of at least 4 members (excludes halogenated alkanes) is 14. The molecule has 0 amide bonds. The summed E-state index contributed by atoms with van der Waals surface area (Å²) in [5, 5.41) is 60.6. The zero-order valence-corrected chi connectivity index (χ0v) is 27.6. The van der Waals surface area contributed by atoms with Gasteiger partial charge in [0.15, 0.2) is 18.5 Å². The predicted octanol–water partition coefficient (Wildman–Crippen LogP) is 0.900. The SMILES string of the molecule is CCCCCCCCCCCCCCCCCC(=O)O[C@H]1[C@@H](O[C@H]2O[C@H](CO)[C@@H](O)[C@H](O)[C@H]2OS(=O)(=O)[O-])O[C@H](CO)[C@@H](O)[C@@H]1O. The molecule has 0 radical (unpaired) electrons. The van der Waals surface area contributed by atoms with Crippen LogP contribution in [0.1, 0.15) is 110 Å². The topological polar surface area (TPSA) is 242 Å². The van der Waals surface area contributed by atoms with Gasteiger partial charge in [-0.15, -0.1) is 0 Å². The number of carbonyl (C=O) groups excluding carboxylic acids is 1. The summed E-state index contributed by atoms with van der Waals surface area (Å²) in [7, 11) is -5.47. The Kier molecular flexibility index (Phi) is 19.5. The molecule has 0 spiro atoms. The lowest BCUT2D eigenvalue weighted by Crippen LogP contribution is -2.65. The number of rotatable bonds is 23. The first-order valence-electron chi connectivity index (χ1n) is 16.7. The lowest BCUT2D eigenvalue weighted by atomic mass is 9.98. The summed E-state index contributed by atoms with van der Waals surface area (Å²) in [6, 6.07) is 0. The number of hydrogen-bond donors (Lipinski definition) is 6. The molecule has 2 aliphatic heterocycles. The molecule has 10 atom stereocenters. The Balaban J connectivity index is 1.83. The van der Waals surface area contributed by atoms with Crippen molar-refractivity contribution in [2.45, 2.75) is 171 Å². The molecule has 15 nitrogen and oxygen atoms in total. The summed E-state index contributed by atoms with van der Waals surface area (Å²) in [5.74, 6) is -0.756. The Morgan fingerprint density at radius 2 is 1.04 bits per heavy atom. The van der Waals surface area contributed by atoms with Gasteiger partial charge in [0.1, 0.15) is 36.6 Å². The van der Waals surface area contributed by atoms with Crippen molar-refractivity contribution in [1.82, 2.24) is 0 Å². The molecule has 2 aliphatic rings. The van der Waals surface area contributed by atoms with E-state index < -0.39 is 91.0 Å². The highest BCUT2D eigenvalue weighted by Crippen LogP contribution is 2.31. The van der Waals surface area contributed by atoms with Crippen LogP contribution in [0.4, 0.5) is 0 Å². The monoisotopic (exact) mass is 687 g/mol. The van der Waals surface area contributed by atoms with Gasteiger partial charge in [-0.3, -0.25) is 8.98 Å². The van der Waals surface area contributed by atoms with Crippen LogP contribution < -0.4 is 0 Å². The largest absolute Gasteiger partial charge is 0.726 e. The van der Waals surface area contributed by atoms with E-state index in [1.54, 1.807) is 0 Å². The first kappa shape index (κ1) is 41.2. The van der Waals surface area contributed by atoms with E-state index in [2.05, 4.69) is 11.1 Å². The van der Waals surface area contributed by atoms with Crippen LogP contribution in [0.2, 0.25) is 0 Å². The maximum Gasteiger partial charge on any atom is 0.306 e. The molecule has 0 aromatic heterocycles. The third kappa shape index (κ3) is 14.2. The Bertz CT molecular complexity index is 937. The normalized spacial score (nSPS) is 32.0. The van der Waals surface area contributed by atoms with Gasteiger partial charge in [0.2, 0.25) is 16.7 Å². The van der Waals surface area contributed by atoms with E-state index in [9.17, 15) is 48.4 Å². The molecule has 2 saturated heterocycles. The standard InChI is InChI=1S/C30H56O15S/c1-2-3-4-5-6-7-8-9-10-11-12-13-14-15-16-17-22(33)43-27-25(36)23(34)20(18-31)41-29(27)44-30-28(45-46(38,39)40)26(37)24(35)21(19-32)42-30/h20-21,23-32,34-37H,2-19H2,1H3,(H,38,39,40)/p-1/t20-,21-,23-,24-,25+,26+,27-,28-,29-,30-/m1/s1. The average molecular weight is 688 g/mol. The van der Waals surface area contributed by atoms with Gasteiger partial charge in [-0.25, -0.2) is 8.42 Å². The Labute approximate surface area is 272 Å². The Hall–Kier alpha value is -1.02. The van der Waals surface area contributed by atoms with Gasteiger partial charge in [0, 0.05) is 6.42 Å². The van der Waals surface area contributed by atoms with Crippen molar-refractivity contribution in [3.63, 3.8) is 0 Å². The molecule has 2 rings (SSSR count). The summed E-state index contributed by atoms with van der Waals surface area (Å²) in [6.07, 6.45) is -0.990. The molecule has 0 bridgehead atoms. The third-order valence-electron chi connectivity index (χ3n) is 8.40. The molecule has 46 heavy (non-hydrogen) atoms. The lowest BCUT2D eigenvalue weighted by molar-refractivity contribution is -0.374. The predicted molar refractivity (Wildman–Crippen MR) is 161 cm³/mol. The first-order chi connectivity index (χ1) is 21.9. The molecule has 0 aliphatic carbocycles. The van der Waals surface area contributed by atoms with Gasteiger partial charge in [0.25, 0.3) is 0 Å². The van der Waals surface area contributed by atoms with Crippen LogP contribution in [0.25, 0.3) is 0 Å². The van der Waals surface area contributed by atoms with Crippen LogP contribution in [0.3, 0.4) is 0 Å². The molecular weight excluding hydrogens is 632 g/mol. The van der Waals surface area contributed by atoms with Crippen molar-refractivity contribution in [3.05, 3.63) is 0 Å². The highest BCUT2D eigenvalue weighted by atomic mass is 32.3. The van der Waals surface area contributed by atoms with Crippen LogP contribution in [-0.4, -0.2) is 124 Å². The minimum absolute atomic E-state index is 0.0225. The summed E-state index contributed by atoms with van der Waals surface area (Å²) in [5.41, 5.74) is 0. The number of carbonyl (C=O) groups is 1. The Morgan fingerprint density at radius 1 is 0.652 bits per heavy atom. The summed E-state index contributed by atoms with van der Waals surface area (Å²) in [4.78, 5) is 12.7. The highest BCUT2D eigenvalue weighted by Gasteiger charge is 2.52. The van der Waals surface area contributed by atoms with Crippen LogP contribution in [0.5, 0.6) is 0 Å². The summed E-state index contributed by atoms with van der Waals surface area (Å²) < 4.78 is 59.8. The number of aliphatic hydroxyl groups is 6. The second kappa shape index (κ2) is 21.8. The van der Waals surface area contributed by atoms with Gasteiger partial charge < -0.3 is 54.1 Å². The second-order valence-electron chi connectivity index (χ2n) is 12.2. The number of esters is 1. The zero-order valence-electron chi connectivity index (χ0n) is 26.8. The molecule has 2 heterocycles. The fraction of sp³-hybridized carbons (Fsp3) is 0.967. The van der Waals surface area contributed by atoms with Crippen molar-refractivity contribution < 1.29 is 71.5 Å². The maximum atomic E-state index is 12.7. The van der Waals surface area contributed by atoms with Crippen molar-refractivity contribution >= 4 is 16.4 Å². The highest BCUT2D eigenvalue weighted by molar-refractivity contribution is 7.80. The minimum Gasteiger partial charge on any atom is -0.726 e. The van der Waals surface area contributed by atoms with Crippen LogP contribution in [0, 0.1) is 0 Å². The molecule has 0 aromatic carbocycles. The maximum absolute atomic E-state index is 12.7. The van der Waals surface area contributed by atoms with E-state index in [0.717, 1.165) is 25.7 Å². The number of aliphatic hydroxyl groups excluding tert-OH is 6. The second-order valence-corrected chi connectivity index (χ2v) is 13.2. The smallest absolute Gasteiger partial charge is 0.306 e. The first-order valence-corrected chi connectivity index (χ1v) is 18.0. The third-order valence-corrected chi connectivity index (χ3v) is 8.86. The van der Waals surface area contributed by atoms with E-state index in [0.29, 0.717) is 6.42 Å². The van der Waals surface area contributed by atoms with Crippen molar-refractivity contribution in [3.8, 4) is 0 Å². The van der Waals surface area contributed by atoms with E-state index in [1.165, 1.54) is 64.2 Å². The van der Waals surface area contributed by atoms with Gasteiger partial charge in [-0.1, -0.05) is 96.8 Å². The average Bonchev–Trinajstić information content (AvgIpc) is 3.01. The molecule has 272 valence electrons. The van der Waals surface area contributed by atoms with E-state index in [4.69, 9.17) is 18.9 Å². The number of ether oxygens (including phenoxy) is 4. The quantitative estimate of drug-likeness (QED) is 0.0378. The van der Waals surface area contributed by atoms with Gasteiger partial charge >= 0.3 is 5.97 Å². The minimum atomic E-state index is -5.47. The fourth-order valence-electron chi connectivity index (χ4n) is 5.68. The Morgan fingerprint density at radius 3 is 1.46 bits per heavy atom. The van der Waals surface area contributed by atoms with Crippen molar-refractivity contribution in [2.24, 2.45) is 0 Å². The number of hydrogen-bond acceptors (Lipinski definition) is 15. The molecule has 0 unspecified atom stereocenters. The lowest BCUT2D eigenvalue weighted by Gasteiger charge is -2.46. The van der Waals surface area contributed by atoms with Crippen molar-refractivity contribution in [1.29, 1.82) is 0 Å².